The number of nitrogens with zero attached hydrogens (tertiary/aromatic N) is 1. The van der Waals surface area contributed by atoms with Crippen LogP contribution in [0.1, 0.15) is 49.8 Å². The van der Waals surface area contributed by atoms with Gasteiger partial charge in [0, 0.05) is 28.4 Å². The summed E-state index contributed by atoms with van der Waals surface area (Å²) in [4.78, 5) is 1.27. The maximum Gasteiger partial charge on any atom is 0.116 e. The zero-order chi connectivity index (χ0) is 23.9. The molecule has 4 heteroatoms. The van der Waals surface area contributed by atoms with E-state index < -0.39 is 0 Å². The number of unbranched alkanes of at least 4 members (excludes halogenated alkanes) is 3. The molecule has 1 heterocycles. The molecule has 4 aromatic rings. The zero-order valence-electron chi connectivity index (χ0n) is 20.6. The minimum atomic E-state index is 0.328. The fourth-order valence-electron chi connectivity index (χ4n) is 4.79. The molecule has 0 aliphatic heterocycles. The Labute approximate surface area is 208 Å². The SMILES string of the molecule is CSc1ccc(-c2c(C)c3cc(O)ccc3n2CCCCCCNC(C)c2ccccc2)cc1. The highest BCUT2D eigenvalue weighted by molar-refractivity contribution is 7.98. The van der Waals surface area contributed by atoms with E-state index in [0.717, 1.165) is 24.9 Å². The largest absolute Gasteiger partial charge is 0.508 e. The normalized spacial score (nSPS) is 12.3. The Kier molecular flexibility index (Phi) is 8.36. The molecule has 0 bridgehead atoms. The number of thioether (sulfide) groups is 1. The van der Waals surface area contributed by atoms with Crippen molar-refractivity contribution in [2.75, 3.05) is 12.8 Å². The van der Waals surface area contributed by atoms with E-state index in [9.17, 15) is 5.11 Å². The molecule has 1 unspecified atom stereocenters. The summed E-state index contributed by atoms with van der Waals surface area (Å²) < 4.78 is 2.45. The van der Waals surface area contributed by atoms with Crippen LogP contribution in [0.15, 0.2) is 77.7 Å². The lowest BCUT2D eigenvalue weighted by Crippen LogP contribution is -2.19. The number of phenols is 1. The Morgan fingerprint density at radius 3 is 2.38 bits per heavy atom. The second-order valence-corrected chi connectivity index (χ2v) is 9.94. The van der Waals surface area contributed by atoms with E-state index in [4.69, 9.17) is 0 Å². The first kappa shape index (κ1) is 24.4. The van der Waals surface area contributed by atoms with Crippen molar-refractivity contribution in [2.45, 2.75) is 57.0 Å². The first-order valence-corrected chi connectivity index (χ1v) is 13.6. The van der Waals surface area contributed by atoms with Crippen molar-refractivity contribution in [3.63, 3.8) is 0 Å². The second-order valence-electron chi connectivity index (χ2n) is 9.06. The molecular weight excluding hydrogens is 436 g/mol. The first-order chi connectivity index (χ1) is 16.6. The van der Waals surface area contributed by atoms with Crippen molar-refractivity contribution >= 4 is 22.7 Å². The molecule has 1 atom stereocenters. The molecule has 3 nitrogen and oxygen atoms in total. The maximum atomic E-state index is 10.1. The van der Waals surface area contributed by atoms with Gasteiger partial charge < -0.3 is 15.0 Å². The number of aromatic nitrogens is 1. The Morgan fingerprint density at radius 1 is 0.912 bits per heavy atom. The molecule has 0 saturated heterocycles. The van der Waals surface area contributed by atoms with Gasteiger partial charge in [0.25, 0.3) is 0 Å². The van der Waals surface area contributed by atoms with Gasteiger partial charge in [0.2, 0.25) is 0 Å². The van der Waals surface area contributed by atoms with Crippen molar-refractivity contribution in [1.29, 1.82) is 0 Å². The number of fused-ring (bicyclic) bond motifs is 1. The van der Waals surface area contributed by atoms with Gasteiger partial charge >= 0.3 is 0 Å². The van der Waals surface area contributed by atoms with Crippen LogP contribution in [0, 0.1) is 6.92 Å². The van der Waals surface area contributed by atoms with Crippen molar-refractivity contribution in [2.24, 2.45) is 0 Å². The summed E-state index contributed by atoms with van der Waals surface area (Å²) in [6, 6.07) is 25.7. The number of benzene rings is 3. The second kappa shape index (κ2) is 11.6. The van der Waals surface area contributed by atoms with Crippen LogP contribution in [-0.2, 0) is 6.54 Å². The molecule has 4 rings (SSSR count). The third-order valence-electron chi connectivity index (χ3n) is 6.72. The predicted molar refractivity (Wildman–Crippen MR) is 147 cm³/mol. The van der Waals surface area contributed by atoms with Crippen LogP contribution < -0.4 is 5.32 Å². The summed E-state index contributed by atoms with van der Waals surface area (Å²) >= 11 is 1.77. The standard InChI is InChI=1S/C30H36N2OS/c1-22-28-21-26(33)15-18-29(28)32(30(22)25-13-16-27(34-3)17-14-25)20-10-5-4-9-19-31-23(2)24-11-7-6-8-12-24/h6-8,11-18,21,23,31,33H,4-5,9-10,19-20H2,1-3H3. The van der Waals surface area contributed by atoms with Crippen molar-refractivity contribution in [1.82, 2.24) is 9.88 Å². The summed E-state index contributed by atoms with van der Waals surface area (Å²) in [5, 5.41) is 14.9. The number of rotatable bonds is 11. The molecule has 0 radical (unpaired) electrons. The Hall–Kier alpha value is -2.69. The number of phenolic OH excluding ortho intramolecular Hbond substituents is 1. The molecule has 34 heavy (non-hydrogen) atoms. The Balaban J connectivity index is 1.38. The number of aryl methyl sites for hydroxylation is 2. The highest BCUT2D eigenvalue weighted by Gasteiger charge is 2.16. The quantitative estimate of drug-likeness (QED) is 0.172. The number of hydrogen-bond donors (Lipinski definition) is 2. The summed E-state index contributed by atoms with van der Waals surface area (Å²) in [6.07, 6.45) is 6.89. The number of nitrogens with one attached hydrogen (secondary N) is 1. The molecular formula is C30H36N2OS. The zero-order valence-corrected chi connectivity index (χ0v) is 21.4. The van der Waals surface area contributed by atoms with Crippen molar-refractivity contribution < 1.29 is 5.11 Å². The van der Waals surface area contributed by atoms with E-state index in [1.807, 2.05) is 6.07 Å². The van der Waals surface area contributed by atoms with E-state index in [2.05, 4.69) is 90.7 Å². The third kappa shape index (κ3) is 5.68. The van der Waals surface area contributed by atoms with E-state index in [1.54, 1.807) is 17.8 Å². The smallest absolute Gasteiger partial charge is 0.116 e. The fraction of sp³-hybridized carbons (Fsp3) is 0.333. The van der Waals surface area contributed by atoms with Crippen molar-refractivity contribution in [3.8, 4) is 17.0 Å². The van der Waals surface area contributed by atoms with Gasteiger partial charge in [-0.3, -0.25) is 0 Å². The molecule has 2 N–H and O–H groups in total. The molecule has 0 spiro atoms. The average molecular weight is 473 g/mol. The molecule has 0 saturated carbocycles. The number of aromatic hydroxyl groups is 1. The predicted octanol–water partition coefficient (Wildman–Crippen LogP) is 7.96. The van der Waals surface area contributed by atoms with Gasteiger partial charge in [0.15, 0.2) is 0 Å². The highest BCUT2D eigenvalue weighted by Crippen LogP contribution is 2.36. The minimum absolute atomic E-state index is 0.328. The third-order valence-corrected chi connectivity index (χ3v) is 7.47. The van der Waals surface area contributed by atoms with Gasteiger partial charge in [-0.1, -0.05) is 55.3 Å². The summed E-state index contributed by atoms with van der Waals surface area (Å²) in [6.45, 7) is 6.45. The fourth-order valence-corrected chi connectivity index (χ4v) is 5.20. The molecule has 178 valence electrons. The monoisotopic (exact) mass is 472 g/mol. The summed E-state index contributed by atoms with van der Waals surface area (Å²) in [5.74, 6) is 0.328. The van der Waals surface area contributed by atoms with Crippen LogP contribution in [0.3, 0.4) is 0 Å². The minimum Gasteiger partial charge on any atom is -0.508 e. The van der Waals surface area contributed by atoms with Gasteiger partial charge in [0.05, 0.1) is 5.69 Å². The lowest BCUT2D eigenvalue weighted by Gasteiger charge is -2.14. The highest BCUT2D eigenvalue weighted by atomic mass is 32.2. The molecule has 3 aromatic carbocycles. The Morgan fingerprint density at radius 2 is 1.65 bits per heavy atom. The lowest BCUT2D eigenvalue weighted by atomic mass is 10.1. The van der Waals surface area contributed by atoms with E-state index in [1.165, 1.54) is 52.1 Å². The average Bonchev–Trinajstić information content (AvgIpc) is 3.14. The van der Waals surface area contributed by atoms with Crippen LogP contribution >= 0.6 is 11.8 Å². The van der Waals surface area contributed by atoms with Crippen molar-refractivity contribution in [3.05, 3.63) is 83.9 Å². The van der Waals surface area contributed by atoms with Crippen LogP contribution in [-0.4, -0.2) is 22.5 Å². The van der Waals surface area contributed by atoms with Crippen LogP contribution in [0.4, 0.5) is 0 Å². The molecule has 0 aliphatic carbocycles. The molecule has 0 aliphatic rings. The summed E-state index contributed by atoms with van der Waals surface area (Å²) in [5.41, 5.74) is 6.30. The van der Waals surface area contributed by atoms with E-state index >= 15 is 0 Å². The van der Waals surface area contributed by atoms with E-state index in [0.29, 0.717) is 11.8 Å². The maximum absolute atomic E-state index is 10.1. The number of hydrogen-bond acceptors (Lipinski definition) is 3. The van der Waals surface area contributed by atoms with Crippen LogP contribution in [0.5, 0.6) is 5.75 Å². The van der Waals surface area contributed by atoms with Gasteiger partial charge in [0.1, 0.15) is 5.75 Å². The van der Waals surface area contributed by atoms with Gasteiger partial charge in [-0.05, 0) is 86.5 Å². The van der Waals surface area contributed by atoms with Gasteiger partial charge in [-0.15, -0.1) is 11.8 Å². The first-order valence-electron chi connectivity index (χ1n) is 12.3. The topological polar surface area (TPSA) is 37.2 Å². The molecule has 0 fully saturated rings. The Bertz CT molecular complexity index is 1200. The molecule has 1 aromatic heterocycles. The van der Waals surface area contributed by atoms with Crippen LogP contribution in [0.2, 0.25) is 0 Å². The lowest BCUT2D eigenvalue weighted by molar-refractivity contribution is 0.476. The van der Waals surface area contributed by atoms with Crippen LogP contribution in [0.25, 0.3) is 22.2 Å². The van der Waals surface area contributed by atoms with E-state index in [-0.39, 0.29) is 0 Å². The summed E-state index contributed by atoms with van der Waals surface area (Å²) in [7, 11) is 0. The molecule has 0 amide bonds. The van der Waals surface area contributed by atoms with Gasteiger partial charge in [-0.25, -0.2) is 0 Å². The van der Waals surface area contributed by atoms with Gasteiger partial charge in [-0.2, -0.15) is 0 Å².